The fourth-order valence-corrected chi connectivity index (χ4v) is 2.54. The number of hydrogen-bond acceptors (Lipinski definition) is 2. The molecule has 0 atom stereocenters. The average molecular weight is 333 g/mol. The lowest BCUT2D eigenvalue weighted by Gasteiger charge is -2.10. The van der Waals surface area contributed by atoms with Crippen LogP contribution in [0, 0.1) is 5.82 Å². The summed E-state index contributed by atoms with van der Waals surface area (Å²) in [6.45, 7) is 0. The molecule has 124 valence electrons. The fraction of sp³-hybridized carbons (Fsp3) is 0.0476. The zero-order valence-electron chi connectivity index (χ0n) is 13.4. The normalized spacial score (nSPS) is 10.3. The minimum Gasteiger partial charge on any atom is -0.321 e. The van der Waals surface area contributed by atoms with Crippen molar-refractivity contribution in [2.24, 2.45) is 0 Å². The largest absolute Gasteiger partial charge is 0.321 e. The van der Waals surface area contributed by atoms with Crippen LogP contribution in [0.1, 0.15) is 26.3 Å². The van der Waals surface area contributed by atoms with Crippen molar-refractivity contribution >= 4 is 17.4 Å². The number of benzene rings is 3. The first kappa shape index (κ1) is 16.6. The van der Waals surface area contributed by atoms with Gasteiger partial charge in [-0.25, -0.2) is 4.39 Å². The predicted molar refractivity (Wildman–Crippen MR) is 95.3 cm³/mol. The maximum Gasteiger partial charge on any atom is 0.255 e. The fourth-order valence-electron chi connectivity index (χ4n) is 2.54. The number of Topliss-reactive ketones (excluding diaryl/α,β-unsaturated/α-hetero) is 1. The number of anilines is 1. The lowest BCUT2D eigenvalue weighted by Crippen LogP contribution is -2.15. The molecule has 25 heavy (non-hydrogen) atoms. The third kappa shape index (κ3) is 4.18. The molecule has 3 rings (SSSR count). The Labute approximate surface area is 145 Å². The van der Waals surface area contributed by atoms with E-state index < -0.39 is 11.7 Å². The summed E-state index contributed by atoms with van der Waals surface area (Å²) in [6, 6.07) is 21.6. The minimum absolute atomic E-state index is 0.0960. The number of rotatable bonds is 5. The standard InChI is InChI=1S/C21H16FNO2/c22-17-10-6-9-16(14-17)21(25)23-19-12-5-4-11-18(19)20(24)13-15-7-2-1-3-8-15/h1-12,14H,13H2,(H,23,25). The third-order valence-electron chi connectivity index (χ3n) is 3.77. The molecule has 3 nitrogen and oxygen atoms in total. The zero-order valence-corrected chi connectivity index (χ0v) is 13.4. The van der Waals surface area contributed by atoms with Crippen molar-refractivity contribution < 1.29 is 14.0 Å². The van der Waals surface area contributed by atoms with Gasteiger partial charge < -0.3 is 5.32 Å². The molecule has 1 N–H and O–H groups in total. The topological polar surface area (TPSA) is 46.2 Å². The van der Waals surface area contributed by atoms with Crippen molar-refractivity contribution in [1.29, 1.82) is 0 Å². The van der Waals surface area contributed by atoms with Gasteiger partial charge in [0.15, 0.2) is 5.78 Å². The molecule has 3 aromatic rings. The first-order valence-corrected chi connectivity index (χ1v) is 7.86. The van der Waals surface area contributed by atoms with Crippen LogP contribution in [0.15, 0.2) is 78.9 Å². The number of nitrogens with one attached hydrogen (secondary N) is 1. The Morgan fingerprint density at radius 3 is 2.32 bits per heavy atom. The lowest BCUT2D eigenvalue weighted by molar-refractivity contribution is 0.0994. The van der Waals surface area contributed by atoms with Gasteiger partial charge in [0.1, 0.15) is 5.82 Å². The number of hydrogen-bond donors (Lipinski definition) is 1. The molecule has 0 aromatic heterocycles. The number of para-hydroxylation sites is 1. The van der Waals surface area contributed by atoms with E-state index in [4.69, 9.17) is 0 Å². The molecule has 0 heterocycles. The molecule has 0 bridgehead atoms. The highest BCUT2D eigenvalue weighted by molar-refractivity contribution is 6.09. The smallest absolute Gasteiger partial charge is 0.255 e. The SMILES string of the molecule is O=C(Nc1ccccc1C(=O)Cc1ccccc1)c1cccc(F)c1. The molecule has 0 saturated heterocycles. The van der Waals surface area contributed by atoms with Crippen LogP contribution in [0.3, 0.4) is 0 Å². The predicted octanol–water partition coefficient (Wildman–Crippen LogP) is 4.50. The maximum absolute atomic E-state index is 13.3. The number of amides is 1. The Kier molecular flexibility index (Phi) is 5.00. The van der Waals surface area contributed by atoms with Crippen molar-refractivity contribution in [2.45, 2.75) is 6.42 Å². The minimum atomic E-state index is -0.485. The van der Waals surface area contributed by atoms with Crippen molar-refractivity contribution in [3.05, 3.63) is 101 Å². The van der Waals surface area contributed by atoms with Crippen molar-refractivity contribution in [1.82, 2.24) is 0 Å². The van der Waals surface area contributed by atoms with E-state index in [0.717, 1.165) is 11.6 Å². The quantitative estimate of drug-likeness (QED) is 0.699. The van der Waals surface area contributed by atoms with Crippen LogP contribution < -0.4 is 5.32 Å². The van der Waals surface area contributed by atoms with Gasteiger partial charge in [0.2, 0.25) is 0 Å². The van der Waals surface area contributed by atoms with E-state index in [1.165, 1.54) is 18.2 Å². The molecule has 1 amide bonds. The first-order valence-electron chi connectivity index (χ1n) is 7.86. The van der Waals surface area contributed by atoms with Crippen LogP contribution in [-0.4, -0.2) is 11.7 Å². The van der Waals surface area contributed by atoms with E-state index in [0.29, 0.717) is 11.3 Å². The van der Waals surface area contributed by atoms with Gasteiger partial charge in [0.05, 0.1) is 5.69 Å². The lowest BCUT2D eigenvalue weighted by atomic mass is 10.0. The molecule has 4 heteroatoms. The summed E-state index contributed by atoms with van der Waals surface area (Å²) in [6.07, 6.45) is 0.244. The summed E-state index contributed by atoms with van der Waals surface area (Å²) in [5.74, 6) is -1.04. The molecular weight excluding hydrogens is 317 g/mol. The summed E-state index contributed by atoms with van der Waals surface area (Å²) in [5.41, 5.74) is 1.94. The summed E-state index contributed by atoms with van der Waals surface area (Å²) in [7, 11) is 0. The van der Waals surface area contributed by atoms with Crippen LogP contribution in [0.5, 0.6) is 0 Å². The van der Waals surface area contributed by atoms with E-state index in [2.05, 4.69) is 5.32 Å². The van der Waals surface area contributed by atoms with E-state index in [1.807, 2.05) is 30.3 Å². The molecule has 0 unspecified atom stereocenters. The van der Waals surface area contributed by atoms with Gasteiger partial charge in [-0.2, -0.15) is 0 Å². The van der Waals surface area contributed by atoms with E-state index >= 15 is 0 Å². The molecule has 3 aromatic carbocycles. The Balaban J connectivity index is 1.81. The second-order valence-corrected chi connectivity index (χ2v) is 5.60. The third-order valence-corrected chi connectivity index (χ3v) is 3.77. The van der Waals surface area contributed by atoms with Crippen molar-refractivity contribution in [2.75, 3.05) is 5.32 Å². The summed E-state index contributed by atoms with van der Waals surface area (Å²) < 4.78 is 13.3. The first-order chi connectivity index (χ1) is 12.1. The van der Waals surface area contributed by atoms with Gasteiger partial charge >= 0.3 is 0 Å². The van der Waals surface area contributed by atoms with E-state index in [1.54, 1.807) is 24.3 Å². The molecule has 0 aliphatic heterocycles. The van der Waals surface area contributed by atoms with Gasteiger partial charge in [0.25, 0.3) is 5.91 Å². The summed E-state index contributed by atoms with van der Waals surface area (Å²) in [5, 5.41) is 2.69. The number of ketones is 1. The molecular formula is C21H16FNO2. The molecule has 0 radical (unpaired) electrons. The van der Waals surface area contributed by atoms with Crippen LogP contribution in [0.4, 0.5) is 10.1 Å². The highest BCUT2D eigenvalue weighted by Crippen LogP contribution is 2.19. The maximum atomic E-state index is 13.3. The number of halogens is 1. The van der Waals surface area contributed by atoms with E-state index in [9.17, 15) is 14.0 Å². The van der Waals surface area contributed by atoms with Crippen LogP contribution in [0.2, 0.25) is 0 Å². The van der Waals surface area contributed by atoms with Gasteiger partial charge in [-0.05, 0) is 35.9 Å². The van der Waals surface area contributed by atoms with Gasteiger partial charge in [-0.1, -0.05) is 48.5 Å². The van der Waals surface area contributed by atoms with Crippen LogP contribution in [0.25, 0.3) is 0 Å². The number of carbonyl (C=O) groups excluding carboxylic acids is 2. The molecule has 0 saturated carbocycles. The Morgan fingerprint density at radius 1 is 0.840 bits per heavy atom. The van der Waals surface area contributed by atoms with Crippen LogP contribution in [-0.2, 0) is 6.42 Å². The highest BCUT2D eigenvalue weighted by Gasteiger charge is 2.14. The number of carbonyl (C=O) groups is 2. The van der Waals surface area contributed by atoms with Gasteiger partial charge in [0, 0.05) is 17.5 Å². The zero-order chi connectivity index (χ0) is 17.6. The highest BCUT2D eigenvalue weighted by atomic mass is 19.1. The average Bonchev–Trinajstić information content (AvgIpc) is 2.63. The van der Waals surface area contributed by atoms with Gasteiger partial charge in [-0.15, -0.1) is 0 Å². The Bertz CT molecular complexity index is 907. The second-order valence-electron chi connectivity index (χ2n) is 5.60. The molecule has 0 fully saturated rings. The monoisotopic (exact) mass is 333 g/mol. The van der Waals surface area contributed by atoms with E-state index in [-0.39, 0.29) is 17.8 Å². The summed E-state index contributed by atoms with van der Waals surface area (Å²) in [4.78, 5) is 24.9. The molecule has 0 aliphatic rings. The Morgan fingerprint density at radius 2 is 1.56 bits per heavy atom. The van der Waals surface area contributed by atoms with Crippen molar-refractivity contribution in [3.63, 3.8) is 0 Å². The molecule has 0 aliphatic carbocycles. The Hall–Kier alpha value is -3.27. The summed E-state index contributed by atoms with van der Waals surface area (Å²) >= 11 is 0. The van der Waals surface area contributed by atoms with Crippen molar-refractivity contribution in [3.8, 4) is 0 Å². The van der Waals surface area contributed by atoms with Gasteiger partial charge in [-0.3, -0.25) is 9.59 Å². The van der Waals surface area contributed by atoms with Crippen LogP contribution >= 0.6 is 0 Å². The second kappa shape index (κ2) is 7.53. The molecule has 0 spiro atoms.